The molecule has 0 atom stereocenters. The summed E-state index contributed by atoms with van der Waals surface area (Å²) in [4.78, 5) is 0. The van der Waals surface area contributed by atoms with E-state index in [1.165, 1.54) is 0 Å². The fourth-order valence-corrected chi connectivity index (χ4v) is 1.31. The van der Waals surface area contributed by atoms with E-state index in [-0.39, 0.29) is 5.41 Å². The van der Waals surface area contributed by atoms with Crippen molar-refractivity contribution in [2.75, 3.05) is 0 Å². The van der Waals surface area contributed by atoms with Gasteiger partial charge in [-0.05, 0) is 6.07 Å². The van der Waals surface area contributed by atoms with E-state index in [0.29, 0.717) is 6.54 Å². The molecular formula is C11H19NO. The van der Waals surface area contributed by atoms with Crippen molar-refractivity contribution in [1.29, 1.82) is 0 Å². The first-order chi connectivity index (χ1) is 5.99. The van der Waals surface area contributed by atoms with Crippen LogP contribution in [0.5, 0.6) is 0 Å². The molecule has 0 unspecified atom stereocenters. The fraction of sp³-hybridized carbons (Fsp3) is 0.636. The van der Waals surface area contributed by atoms with Gasteiger partial charge in [0.25, 0.3) is 0 Å². The molecule has 0 spiro atoms. The molecule has 1 rings (SSSR count). The molecule has 0 aliphatic heterocycles. The van der Waals surface area contributed by atoms with Gasteiger partial charge in [-0.3, -0.25) is 0 Å². The topological polar surface area (TPSA) is 39.2 Å². The second kappa shape index (κ2) is 3.54. The average Bonchev–Trinajstić information content (AvgIpc) is 2.45. The lowest BCUT2D eigenvalue weighted by Gasteiger charge is -2.13. The van der Waals surface area contributed by atoms with Gasteiger partial charge in [-0.2, -0.15) is 0 Å². The fourth-order valence-electron chi connectivity index (χ4n) is 1.31. The van der Waals surface area contributed by atoms with Gasteiger partial charge in [0.1, 0.15) is 11.5 Å². The highest BCUT2D eigenvalue weighted by Crippen LogP contribution is 2.27. The SMILES string of the molecule is CCc1oc(C(C)(C)C)cc1CN. The van der Waals surface area contributed by atoms with Crippen LogP contribution in [0.25, 0.3) is 0 Å². The molecule has 0 amide bonds. The predicted octanol–water partition coefficient (Wildman–Crippen LogP) is 2.60. The molecule has 1 aromatic heterocycles. The normalized spacial score (nSPS) is 12.1. The third kappa shape index (κ3) is 2.13. The number of hydrogen-bond donors (Lipinski definition) is 1. The molecular weight excluding hydrogens is 162 g/mol. The molecule has 0 bridgehead atoms. The Bertz CT molecular complexity index is 259. The predicted molar refractivity (Wildman–Crippen MR) is 54.7 cm³/mol. The Kier molecular flexibility index (Phi) is 2.81. The highest BCUT2D eigenvalue weighted by Gasteiger charge is 2.20. The Morgan fingerprint density at radius 1 is 1.38 bits per heavy atom. The van der Waals surface area contributed by atoms with E-state index < -0.39 is 0 Å². The van der Waals surface area contributed by atoms with Crippen LogP contribution in [0.3, 0.4) is 0 Å². The summed E-state index contributed by atoms with van der Waals surface area (Å²) >= 11 is 0. The van der Waals surface area contributed by atoms with Crippen LogP contribution in [0.2, 0.25) is 0 Å². The minimum absolute atomic E-state index is 0.0807. The molecule has 0 aliphatic carbocycles. The minimum Gasteiger partial charge on any atom is -0.465 e. The standard InChI is InChI=1S/C11H19NO/c1-5-9-8(7-12)6-10(13-9)11(2,3)4/h6H,5,7,12H2,1-4H3. The quantitative estimate of drug-likeness (QED) is 0.761. The van der Waals surface area contributed by atoms with E-state index in [9.17, 15) is 0 Å². The summed E-state index contributed by atoms with van der Waals surface area (Å²) < 4.78 is 5.74. The van der Waals surface area contributed by atoms with Crippen molar-refractivity contribution in [3.63, 3.8) is 0 Å². The Morgan fingerprint density at radius 2 is 2.00 bits per heavy atom. The van der Waals surface area contributed by atoms with Crippen molar-refractivity contribution in [3.05, 3.63) is 23.2 Å². The number of nitrogens with two attached hydrogens (primary N) is 1. The van der Waals surface area contributed by atoms with Gasteiger partial charge in [-0.1, -0.05) is 27.7 Å². The van der Waals surface area contributed by atoms with Crippen LogP contribution in [0.15, 0.2) is 10.5 Å². The summed E-state index contributed by atoms with van der Waals surface area (Å²) in [6.07, 6.45) is 0.919. The summed E-state index contributed by atoms with van der Waals surface area (Å²) in [5.74, 6) is 2.07. The van der Waals surface area contributed by atoms with Crippen molar-refractivity contribution in [2.24, 2.45) is 5.73 Å². The molecule has 74 valence electrons. The van der Waals surface area contributed by atoms with Gasteiger partial charge in [0.2, 0.25) is 0 Å². The van der Waals surface area contributed by atoms with Crippen molar-refractivity contribution < 1.29 is 4.42 Å². The summed E-state index contributed by atoms with van der Waals surface area (Å²) in [6.45, 7) is 9.09. The van der Waals surface area contributed by atoms with E-state index >= 15 is 0 Å². The Hall–Kier alpha value is -0.760. The van der Waals surface area contributed by atoms with E-state index in [1.807, 2.05) is 0 Å². The van der Waals surface area contributed by atoms with Gasteiger partial charge in [0.05, 0.1) is 0 Å². The van der Waals surface area contributed by atoms with Crippen molar-refractivity contribution in [3.8, 4) is 0 Å². The molecule has 0 saturated heterocycles. The van der Waals surface area contributed by atoms with Crippen LogP contribution in [-0.4, -0.2) is 0 Å². The number of furan rings is 1. The molecule has 2 nitrogen and oxygen atoms in total. The van der Waals surface area contributed by atoms with Crippen molar-refractivity contribution in [2.45, 2.75) is 46.1 Å². The molecule has 0 aliphatic rings. The molecule has 1 aromatic rings. The summed E-state index contributed by atoms with van der Waals surface area (Å²) in [5.41, 5.74) is 6.85. The monoisotopic (exact) mass is 181 g/mol. The molecule has 0 fully saturated rings. The first-order valence-electron chi connectivity index (χ1n) is 4.81. The molecule has 1 heterocycles. The summed E-state index contributed by atoms with van der Waals surface area (Å²) in [6, 6.07) is 2.08. The van der Waals surface area contributed by atoms with E-state index in [0.717, 1.165) is 23.5 Å². The van der Waals surface area contributed by atoms with Gasteiger partial charge < -0.3 is 10.2 Å². The zero-order valence-electron chi connectivity index (χ0n) is 8.98. The Balaban J connectivity index is 3.07. The zero-order chi connectivity index (χ0) is 10.1. The smallest absolute Gasteiger partial charge is 0.109 e. The maximum Gasteiger partial charge on any atom is 0.109 e. The van der Waals surface area contributed by atoms with E-state index in [2.05, 4.69) is 33.8 Å². The first-order valence-corrected chi connectivity index (χ1v) is 4.81. The molecule has 0 radical (unpaired) electrons. The van der Waals surface area contributed by atoms with Crippen LogP contribution in [0.4, 0.5) is 0 Å². The summed E-state index contributed by atoms with van der Waals surface area (Å²) in [5, 5.41) is 0. The van der Waals surface area contributed by atoms with E-state index in [1.54, 1.807) is 0 Å². The number of aryl methyl sites for hydroxylation is 1. The van der Waals surface area contributed by atoms with Crippen LogP contribution < -0.4 is 5.73 Å². The number of hydrogen-bond acceptors (Lipinski definition) is 2. The van der Waals surface area contributed by atoms with Crippen LogP contribution in [-0.2, 0) is 18.4 Å². The van der Waals surface area contributed by atoms with Crippen molar-refractivity contribution in [1.82, 2.24) is 0 Å². The average molecular weight is 181 g/mol. The summed E-state index contributed by atoms with van der Waals surface area (Å²) in [7, 11) is 0. The number of rotatable bonds is 2. The van der Waals surface area contributed by atoms with Gasteiger partial charge >= 0.3 is 0 Å². The second-order valence-corrected chi connectivity index (χ2v) is 4.37. The lowest BCUT2D eigenvalue weighted by molar-refractivity contribution is 0.387. The molecule has 0 aromatic carbocycles. The minimum atomic E-state index is 0.0807. The lowest BCUT2D eigenvalue weighted by Crippen LogP contribution is -2.09. The van der Waals surface area contributed by atoms with Crippen LogP contribution in [0, 0.1) is 0 Å². The molecule has 13 heavy (non-hydrogen) atoms. The zero-order valence-corrected chi connectivity index (χ0v) is 8.98. The van der Waals surface area contributed by atoms with Gasteiger partial charge in [0.15, 0.2) is 0 Å². The third-order valence-electron chi connectivity index (χ3n) is 2.18. The maximum absolute atomic E-state index is 5.74. The van der Waals surface area contributed by atoms with Crippen LogP contribution >= 0.6 is 0 Å². The Morgan fingerprint density at radius 3 is 2.31 bits per heavy atom. The largest absolute Gasteiger partial charge is 0.465 e. The highest BCUT2D eigenvalue weighted by atomic mass is 16.3. The maximum atomic E-state index is 5.74. The first kappa shape index (κ1) is 10.3. The molecule has 2 heteroatoms. The Labute approximate surface area is 80.1 Å². The van der Waals surface area contributed by atoms with Gasteiger partial charge in [0, 0.05) is 23.9 Å². The lowest BCUT2D eigenvalue weighted by atomic mass is 9.93. The molecule has 2 N–H and O–H groups in total. The van der Waals surface area contributed by atoms with Gasteiger partial charge in [-0.25, -0.2) is 0 Å². The van der Waals surface area contributed by atoms with Crippen LogP contribution in [0.1, 0.15) is 44.8 Å². The van der Waals surface area contributed by atoms with E-state index in [4.69, 9.17) is 10.2 Å². The third-order valence-corrected chi connectivity index (χ3v) is 2.18. The highest BCUT2D eigenvalue weighted by molar-refractivity contribution is 5.25. The second-order valence-electron chi connectivity index (χ2n) is 4.37. The van der Waals surface area contributed by atoms with Gasteiger partial charge in [-0.15, -0.1) is 0 Å². The van der Waals surface area contributed by atoms with Crippen molar-refractivity contribution >= 4 is 0 Å². The molecule has 0 saturated carbocycles.